The Kier molecular flexibility index (Phi) is 4.11. The predicted molar refractivity (Wildman–Crippen MR) is 88.3 cm³/mol. The predicted octanol–water partition coefficient (Wildman–Crippen LogP) is 2.79. The van der Waals surface area contributed by atoms with Crippen LogP contribution in [0.25, 0.3) is 0 Å². The Bertz CT molecular complexity index is 678. The van der Waals surface area contributed by atoms with Gasteiger partial charge in [-0.15, -0.1) is 11.3 Å². The third-order valence-electron chi connectivity index (χ3n) is 3.75. The van der Waals surface area contributed by atoms with Crippen molar-refractivity contribution >= 4 is 23.1 Å². The number of nitrogens with one attached hydrogen (secondary N) is 1. The minimum Gasteiger partial charge on any atom is -0.363 e. The number of anilines is 1. The summed E-state index contributed by atoms with van der Waals surface area (Å²) in [5.41, 5.74) is 1.65. The number of aryl methyl sites for hydroxylation is 1. The van der Waals surface area contributed by atoms with Gasteiger partial charge < -0.3 is 10.2 Å². The van der Waals surface area contributed by atoms with Crippen molar-refractivity contribution in [3.63, 3.8) is 0 Å². The van der Waals surface area contributed by atoms with Crippen LogP contribution >= 0.6 is 11.3 Å². The van der Waals surface area contributed by atoms with E-state index in [1.807, 2.05) is 37.4 Å². The molecule has 0 radical (unpaired) electrons. The fourth-order valence-corrected chi connectivity index (χ4v) is 3.29. The Morgan fingerprint density at radius 3 is 2.82 bits per heavy atom. The van der Waals surface area contributed by atoms with E-state index >= 15 is 0 Å². The van der Waals surface area contributed by atoms with Crippen molar-refractivity contribution in [2.75, 3.05) is 19.0 Å². The van der Waals surface area contributed by atoms with Crippen molar-refractivity contribution < 1.29 is 4.79 Å². The number of thiazole rings is 1. The second kappa shape index (κ2) is 6.04. The molecule has 0 unspecified atom stereocenters. The molecule has 22 heavy (non-hydrogen) atoms. The van der Waals surface area contributed by atoms with E-state index in [9.17, 15) is 4.79 Å². The average molecular weight is 316 g/mol. The average Bonchev–Trinajstić information content (AvgIpc) is 3.26. The molecule has 6 heteroatoms. The van der Waals surface area contributed by atoms with Crippen LogP contribution in [-0.2, 0) is 0 Å². The summed E-state index contributed by atoms with van der Waals surface area (Å²) < 4.78 is 0. The molecule has 0 saturated heterocycles. The second-order valence-corrected chi connectivity index (χ2v) is 6.80. The van der Waals surface area contributed by atoms with E-state index in [0.717, 1.165) is 29.4 Å². The number of pyridine rings is 1. The van der Waals surface area contributed by atoms with Crippen molar-refractivity contribution in [3.8, 4) is 0 Å². The van der Waals surface area contributed by atoms with Gasteiger partial charge in [-0.3, -0.25) is 4.79 Å². The molecular weight excluding hydrogens is 296 g/mol. The Morgan fingerprint density at radius 2 is 2.23 bits per heavy atom. The number of rotatable bonds is 5. The van der Waals surface area contributed by atoms with Gasteiger partial charge in [0, 0.05) is 36.9 Å². The molecule has 2 heterocycles. The molecule has 2 aromatic heterocycles. The van der Waals surface area contributed by atoms with Crippen molar-refractivity contribution in [3.05, 3.63) is 40.0 Å². The highest BCUT2D eigenvalue weighted by Gasteiger charge is 2.35. The van der Waals surface area contributed by atoms with Gasteiger partial charge in [0.25, 0.3) is 5.91 Å². The van der Waals surface area contributed by atoms with Crippen LogP contribution in [0.15, 0.2) is 23.7 Å². The number of amides is 1. The molecule has 0 aromatic carbocycles. The van der Waals surface area contributed by atoms with Crippen LogP contribution in [0.4, 0.5) is 5.82 Å². The molecule has 1 aliphatic carbocycles. The summed E-state index contributed by atoms with van der Waals surface area (Å²) in [5, 5.41) is 6.20. The zero-order chi connectivity index (χ0) is 15.7. The molecule has 1 saturated carbocycles. The minimum atomic E-state index is -0.0600. The smallest absolute Gasteiger partial charge is 0.252 e. The van der Waals surface area contributed by atoms with E-state index in [2.05, 4.69) is 15.3 Å². The zero-order valence-electron chi connectivity index (χ0n) is 13.0. The molecule has 5 nitrogen and oxygen atoms in total. The first kappa shape index (κ1) is 15.0. The first-order chi connectivity index (χ1) is 10.5. The number of nitrogens with zero attached hydrogens (tertiary/aromatic N) is 3. The van der Waals surface area contributed by atoms with E-state index < -0.39 is 0 Å². The highest BCUT2D eigenvalue weighted by molar-refractivity contribution is 7.09. The molecular formula is C16H20N4OS. The fourth-order valence-electron chi connectivity index (χ4n) is 2.35. The number of hydrogen-bond donors (Lipinski definition) is 1. The lowest BCUT2D eigenvalue weighted by molar-refractivity contribution is 0.0931. The van der Waals surface area contributed by atoms with Gasteiger partial charge in [0.1, 0.15) is 10.8 Å². The molecule has 1 atom stereocenters. The molecule has 0 spiro atoms. The molecule has 3 rings (SSSR count). The first-order valence-corrected chi connectivity index (χ1v) is 8.29. The van der Waals surface area contributed by atoms with Crippen LogP contribution in [0.3, 0.4) is 0 Å². The first-order valence-electron chi connectivity index (χ1n) is 7.41. The van der Waals surface area contributed by atoms with Crippen LogP contribution in [0.1, 0.15) is 39.9 Å². The Hall–Kier alpha value is -1.95. The lowest BCUT2D eigenvalue weighted by Gasteiger charge is -2.17. The summed E-state index contributed by atoms with van der Waals surface area (Å²) in [7, 11) is 3.82. The Labute approximate surface area is 134 Å². The number of carbonyl (C=O) groups excluding carboxylic acids is 1. The monoisotopic (exact) mass is 316 g/mol. The fraction of sp³-hybridized carbons (Fsp3) is 0.438. The third kappa shape index (κ3) is 3.27. The summed E-state index contributed by atoms with van der Waals surface area (Å²) in [5.74, 6) is 1.24. The number of hydrogen-bond acceptors (Lipinski definition) is 5. The highest BCUT2D eigenvalue weighted by atomic mass is 32.1. The third-order valence-corrected chi connectivity index (χ3v) is 4.79. The molecule has 0 aliphatic heterocycles. The van der Waals surface area contributed by atoms with Gasteiger partial charge in [0.15, 0.2) is 0 Å². The van der Waals surface area contributed by atoms with Crippen molar-refractivity contribution in [2.24, 2.45) is 5.92 Å². The van der Waals surface area contributed by atoms with Gasteiger partial charge in [-0.25, -0.2) is 9.97 Å². The summed E-state index contributed by atoms with van der Waals surface area (Å²) in [6.07, 6.45) is 3.98. The molecule has 1 amide bonds. The number of aromatic nitrogens is 2. The van der Waals surface area contributed by atoms with E-state index in [-0.39, 0.29) is 11.9 Å². The molecule has 1 N–H and O–H groups in total. The van der Waals surface area contributed by atoms with Gasteiger partial charge in [-0.05, 0) is 37.8 Å². The summed E-state index contributed by atoms with van der Waals surface area (Å²) in [4.78, 5) is 23.2. The standard InChI is InChI=1S/C16H20N4OS/c1-10-9-22-16(18-10)14(11-4-5-11)19-15(21)12-6-7-17-13(8-12)20(2)3/h6-9,11,14H,4-5H2,1-3H3,(H,19,21)/t14-/m1/s1. The second-order valence-electron chi connectivity index (χ2n) is 5.91. The zero-order valence-corrected chi connectivity index (χ0v) is 13.9. The van der Waals surface area contributed by atoms with E-state index in [4.69, 9.17) is 0 Å². The Morgan fingerprint density at radius 1 is 1.45 bits per heavy atom. The van der Waals surface area contributed by atoms with Crippen molar-refractivity contribution in [2.45, 2.75) is 25.8 Å². The maximum Gasteiger partial charge on any atom is 0.252 e. The van der Waals surface area contributed by atoms with Crippen LogP contribution in [-0.4, -0.2) is 30.0 Å². The van der Waals surface area contributed by atoms with E-state index in [0.29, 0.717) is 11.5 Å². The van der Waals surface area contributed by atoms with Crippen molar-refractivity contribution in [1.82, 2.24) is 15.3 Å². The molecule has 116 valence electrons. The van der Waals surface area contributed by atoms with Crippen molar-refractivity contribution in [1.29, 1.82) is 0 Å². The molecule has 0 bridgehead atoms. The maximum atomic E-state index is 12.6. The molecule has 2 aromatic rings. The topological polar surface area (TPSA) is 58.1 Å². The Balaban J connectivity index is 1.78. The maximum absolute atomic E-state index is 12.6. The van der Waals surface area contributed by atoms with E-state index in [1.54, 1.807) is 23.6 Å². The van der Waals surface area contributed by atoms with Gasteiger partial charge in [0.2, 0.25) is 0 Å². The lowest BCUT2D eigenvalue weighted by Crippen LogP contribution is -2.30. The highest BCUT2D eigenvalue weighted by Crippen LogP contribution is 2.42. The van der Waals surface area contributed by atoms with Gasteiger partial charge in [0.05, 0.1) is 6.04 Å². The summed E-state index contributed by atoms with van der Waals surface area (Å²) in [6, 6.07) is 3.59. The summed E-state index contributed by atoms with van der Waals surface area (Å²) >= 11 is 1.62. The normalized spacial score (nSPS) is 15.4. The number of carbonyl (C=O) groups is 1. The van der Waals surface area contributed by atoms with Gasteiger partial charge in [-0.2, -0.15) is 0 Å². The SMILES string of the molecule is Cc1csc([C@H](NC(=O)c2ccnc(N(C)C)c2)C2CC2)n1. The minimum absolute atomic E-state index is 0.0298. The van der Waals surface area contributed by atoms with E-state index in [1.165, 1.54) is 0 Å². The van der Waals surface area contributed by atoms with Gasteiger partial charge >= 0.3 is 0 Å². The molecule has 1 aliphatic rings. The molecule has 1 fully saturated rings. The van der Waals surface area contributed by atoms with Crippen LogP contribution in [0, 0.1) is 12.8 Å². The van der Waals surface area contributed by atoms with Crippen LogP contribution < -0.4 is 10.2 Å². The lowest BCUT2D eigenvalue weighted by atomic mass is 10.1. The largest absolute Gasteiger partial charge is 0.363 e. The van der Waals surface area contributed by atoms with Crippen LogP contribution in [0.5, 0.6) is 0 Å². The quantitative estimate of drug-likeness (QED) is 0.921. The van der Waals surface area contributed by atoms with Crippen LogP contribution in [0.2, 0.25) is 0 Å². The van der Waals surface area contributed by atoms with Gasteiger partial charge in [-0.1, -0.05) is 0 Å². The summed E-state index contributed by atoms with van der Waals surface area (Å²) in [6.45, 7) is 1.98.